The number of hydrogen-bond acceptors (Lipinski definition) is 5. The van der Waals surface area contributed by atoms with Gasteiger partial charge in [0.1, 0.15) is 11.0 Å². The van der Waals surface area contributed by atoms with Crippen molar-refractivity contribution in [1.29, 1.82) is 0 Å². The van der Waals surface area contributed by atoms with E-state index in [-0.39, 0.29) is 17.3 Å². The molecule has 7 heteroatoms. The molecule has 0 radical (unpaired) electrons. The zero-order valence-corrected chi connectivity index (χ0v) is 12.3. The Hall–Kier alpha value is -1.63. The SMILES string of the molecule is CCCCOC(=O)C(C)S(=O)Cc1ccc(C(=O)O)o1. The van der Waals surface area contributed by atoms with E-state index in [1.807, 2.05) is 6.92 Å². The molecule has 0 aliphatic carbocycles. The molecule has 2 atom stereocenters. The standard InChI is InChI=1S/C13H18O6S/c1-3-4-7-18-13(16)9(2)20(17)8-10-5-6-11(19-10)12(14)15/h5-6,9H,3-4,7-8H2,1-2H3,(H,14,15). The normalized spacial score (nSPS) is 13.7. The van der Waals surface area contributed by atoms with Crippen LogP contribution in [0.4, 0.5) is 0 Å². The van der Waals surface area contributed by atoms with Gasteiger partial charge in [-0.3, -0.25) is 9.00 Å². The van der Waals surface area contributed by atoms with E-state index in [1.165, 1.54) is 19.1 Å². The van der Waals surface area contributed by atoms with Gasteiger partial charge in [-0.25, -0.2) is 4.79 Å². The molecule has 0 aliphatic rings. The van der Waals surface area contributed by atoms with Crippen molar-refractivity contribution in [3.8, 4) is 0 Å². The number of ether oxygens (including phenoxy) is 1. The Labute approximate surface area is 119 Å². The Morgan fingerprint density at radius 2 is 2.15 bits per heavy atom. The second kappa shape index (κ2) is 7.84. The number of carbonyl (C=O) groups excluding carboxylic acids is 1. The van der Waals surface area contributed by atoms with Crippen LogP contribution in [0.1, 0.15) is 43.0 Å². The highest BCUT2D eigenvalue weighted by Gasteiger charge is 2.23. The Bertz CT molecular complexity index is 493. The molecule has 1 N–H and O–H groups in total. The van der Waals surface area contributed by atoms with Crippen molar-refractivity contribution in [1.82, 2.24) is 0 Å². The zero-order chi connectivity index (χ0) is 15.1. The zero-order valence-electron chi connectivity index (χ0n) is 11.5. The van der Waals surface area contributed by atoms with Gasteiger partial charge in [0.25, 0.3) is 0 Å². The number of hydrogen-bond donors (Lipinski definition) is 1. The minimum Gasteiger partial charge on any atom is -0.475 e. The number of rotatable bonds is 8. The average Bonchev–Trinajstić information content (AvgIpc) is 2.86. The number of furan rings is 1. The molecule has 0 saturated heterocycles. The third-order valence-electron chi connectivity index (χ3n) is 2.63. The third-order valence-corrected chi connectivity index (χ3v) is 4.18. The minimum absolute atomic E-state index is 0.0165. The minimum atomic E-state index is -1.51. The highest BCUT2D eigenvalue weighted by Crippen LogP contribution is 2.13. The van der Waals surface area contributed by atoms with Gasteiger partial charge in [0.05, 0.1) is 12.4 Å². The lowest BCUT2D eigenvalue weighted by Crippen LogP contribution is -2.26. The van der Waals surface area contributed by atoms with Crippen molar-refractivity contribution in [3.63, 3.8) is 0 Å². The van der Waals surface area contributed by atoms with Gasteiger partial charge in [-0.05, 0) is 25.5 Å². The summed E-state index contributed by atoms with van der Waals surface area (Å²) < 4.78 is 22.0. The lowest BCUT2D eigenvalue weighted by molar-refractivity contribution is -0.142. The summed E-state index contributed by atoms with van der Waals surface area (Å²) in [5.74, 6) is -1.66. The summed E-state index contributed by atoms with van der Waals surface area (Å²) in [5, 5.41) is 7.93. The monoisotopic (exact) mass is 302 g/mol. The van der Waals surface area contributed by atoms with E-state index in [4.69, 9.17) is 14.3 Å². The van der Waals surface area contributed by atoms with Crippen LogP contribution in [0.2, 0.25) is 0 Å². The van der Waals surface area contributed by atoms with E-state index in [0.717, 1.165) is 12.8 Å². The van der Waals surface area contributed by atoms with E-state index in [1.54, 1.807) is 0 Å². The van der Waals surface area contributed by atoms with Gasteiger partial charge < -0.3 is 14.3 Å². The maximum atomic E-state index is 12.0. The van der Waals surface area contributed by atoms with Gasteiger partial charge >= 0.3 is 11.9 Å². The summed E-state index contributed by atoms with van der Waals surface area (Å²) in [6.45, 7) is 3.82. The Balaban J connectivity index is 2.52. The van der Waals surface area contributed by atoms with Gasteiger partial charge in [0.15, 0.2) is 0 Å². The molecule has 0 saturated carbocycles. The first-order chi connectivity index (χ1) is 9.45. The summed E-state index contributed by atoms with van der Waals surface area (Å²) in [5.41, 5.74) is 0. The molecule has 0 spiro atoms. The van der Waals surface area contributed by atoms with Crippen LogP contribution in [0.25, 0.3) is 0 Å². The molecule has 1 rings (SSSR count). The molecular formula is C13H18O6S. The Morgan fingerprint density at radius 3 is 2.70 bits per heavy atom. The average molecular weight is 302 g/mol. The van der Waals surface area contributed by atoms with Gasteiger partial charge in [-0.1, -0.05) is 13.3 Å². The second-order valence-electron chi connectivity index (χ2n) is 4.26. The first-order valence-corrected chi connectivity index (χ1v) is 7.69. The molecular weight excluding hydrogens is 284 g/mol. The predicted octanol–water partition coefficient (Wildman–Crippen LogP) is 1.96. The number of carbonyl (C=O) groups is 2. The van der Waals surface area contributed by atoms with Crippen molar-refractivity contribution < 1.29 is 28.1 Å². The second-order valence-corrected chi connectivity index (χ2v) is 6.02. The van der Waals surface area contributed by atoms with Gasteiger partial charge in [-0.2, -0.15) is 0 Å². The lowest BCUT2D eigenvalue weighted by Gasteiger charge is -2.10. The van der Waals surface area contributed by atoms with E-state index in [9.17, 15) is 13.8 Å². The van der Waals surface area contributed by atoms with E-state index >= 15 is 0 Å². The first-order valence-electron chi connectivity index (χ1n) is 6.31. The summed E-state index contributed by atoms with van der Waals surface area (Å²) in [7, 11) is -1.51. The smallest absolute Gasteiger partial charge is 0.371 e. The third kappa shape index (κ3) is 4.80. The van der Waals surface area contributed by atoms with Crippen LogP contribution in [0, 0.1) is 0 Å². The van der Waals surface area contributed by atoms with Crippen LogP contribution in [0.15, 0.2) is 16.5 Å². The molecule has 0 fully saturated rings. The van der Waals surface area contributed by atoms with E-state index in [2.05, 4.69) is 0 Å². The Kier molecular flexibility index (Phi) is 6.44. The molecule has 1 heterocycles. The fraction of sp³-hybridized carbons (Fsp3) is 0.538. The van der Waals surface area contributed by atoms with Crippen LogP contribution < -0.4 is 0 Å². The molecule has 0 aliphatic heterocycles. The quantitative estimate of drug-likeness (QED) is 0.582. The highest BCUT2D eigenvalue weighted by atomic mass is 32.2. The highest BCUT2D eigenvalue weighted by molar-refractivity contribution is 7.85. The van der Waals surface area contributed by atoms with Crippen LogP contribution in [-0.2, 0) is 26.1 Å². The largest absolute Gasteiger partial charge is 0.475 e. The van der Waals surface area contributed by atoms with Gasteiger partial charge in [-0.15, -0.1) is 0 Å². The molecule has 1 aromatic rings. The molecule has 0 bridgehead atoms. The van der Waals surface area contributed by atoms with Crippen molar-refractivity contribution >= 4 is 22.7 Å². The van der Waals surface area contributed by atoms with Crippen LogP contribution >= 0.6 is 0 Å². The fourth-order valence-corrected chi connectivity index (χ4v) is 2.35. The summed E-state index contributed by atoms with van der Waals surface area (Å²) in [6, 6.07) is 2.73. The number of aromatic carboxylic acids is 1. The lowest BCUT2D eigenvalue weighted by atomic mass is 10.4. The van der Waals surface area contributed by atoms with Crippen LogP contribution in [0.5, 0.6) is 0 Å². The predicted molar refractivity (Wildman–Crippen MR) is 72.8 cm³/mol. The summed E-state index contributed by atoms with van der Waals surface area (Å²) >= 11 is 0. The number of esters is 1. The van der Waals surface area contributed by atoms with Crippen molar-refractivity contribution in [2.45, 2.75) is 37.7 Å². The molecule has 0 aromatic carbocycles. The van der Waals surface area contributed by atoms with Gasteiger partial charge in [0.2, 0.25) is 5.76 Å². The molecule has 1 aromatic heterocycles. The molecule has 20 heavy (non-hydrogen) atoms. The molecule has 0 amide bonds. The van der Waals surface area contributed by atoms with Crippen LogP contribution in [-0.4, -0.2) is 33.1 Å². The molecule has 6 nitrogen and oxygen atoms in total. The van der Waals surface area contributed by atoms with Crippen molar-refractivity contribution in [2.75, 3.05) is 6.61 Å². The van der Waals surface area contributed by atoms with Crippen molar-refractivity contribution in [3.05, 3.63) is 23.7 Å². The maximum absolute atomic E-state index is 12.0. The molecule has 112 valence electrons. The van der Waals surface area contributed by atoms with Crippen molar-refractivity contribution in [2.24, 2.45) is 0 Å². The number of carboxylic acid groups (broad SMARTS) is 1. The molecule has 2 unspecified atom stereocenters. The first kappa shape index (κ1) is 16.4. The summed E-state index contributed by atoms with van der Waals surface area (Å²) in [4.78, 5) is 22.3. The number of unbranched alkanes of at least 4 members (excludes halogenated alkanes) is 1. The summed E-state index contributed by atoms with van der Waals surface area (Å²) in [6.07, 6.45) is 1.68. The van der Waals surface area contributed by atoms with Crippen LogP contribution in [0.3, 0.4) is 0 Å². The van der Waals surface area contributed by atoms with Gasteiger partial charge in [0, 0.05) is 10.8 Å². The Morgan fingerprint density at radius 1 is 1.45 bits per heavy atom. The maximum Gasteiger partial charge on any atom is 0.371 e. The number of carboxylic acids is 1. The topological polar surface area (TPSA) is 93.8 Å². The van der Waals surface area contributed by atoms with E-state index in [0.29, 0.717) is 6.61 Å². The fourth-order valence-electron chi connectivity index (χ4n) is 1.38. The van der Waals surface area contributed by atoms with E-state index < -0.39 is 28.0 Å².